The van der Waals surface area contributed by atoms with Crippen molar-refractivity contribution in [3.63, 3.8) is 0 Å². The van der Waals surface area contributed by atoms with E-state index in [0.29, 0.717) is 6.54 Å². The summed E-state index contributed by atoms with van der Waals surface area (Å²) in [5.74, 6) is 0. The van der Waals surface area contributed by atoms with E-state index >= 15 is 0 Å². The monoisotopic (exact) mass is 162 g/mol. The van der Waals surface area contributed by atoms with Crippen LogP contribution in [0.15, 0.2) is 18.5 Å². The predicted molar refractivity (Wildman–Crippen MR) is 45.6 cm³/mol. The molecule has 0 saturated carbocycles. The Morgan fingerprint density at radius 3 is 3.17 bits per heavy atom. The summed E-state index contributed by atoms with van der Waals surface area (Å²) in [5, 5.41) is 4.22. The van der Waals surface area contributed by atoms with E-state index in [1.165, 1.54) is 0 Å². The third kappa shape index (κ3) is 1.06. The zero-order valence-corrected chi connectivity index (χ0v) is 6.86. The molecular weight excluding hydrogens is 152 g/mol. The number of aryl methyl sites for hydroxylation is 1. The van der Waals surface area contributed by atoms with Crippen molar-refractivity contribution in [3.05, 3.63) is 29.7 Å². The highest BCUT2D eigenvalue weighted by Crippen LogP contribution is 2.03. The van der Waals surface area contributed by atoms with E-state index in [9.17, 15) is 0 Å². The third-order valence-corrected chi connectivity index (χ3v) is 1.70. The first-order chi connectivity index (χ1) is 5.79. The van der Waals surface area contributed by atoms with Gasteiger partial charge in [-0.15, -0.1) is 0 Å². The zero-order chi connectivity index (χ0) is 8.55. The Morgan fingerprint density at radius 2 is 2.42 bits per heavy atom. The molecule has 0 radical (unpaired) electrons. The smallest absolute Gasteiger partial charge is 0.155 e. The van der Waals surface area contributed by atoms with Crippen molar-refractivity contribution in [1.82, 2.24) is 14.6 Å². The van der Waals surface area contributed by atoms with Crippen LogP contribution in [0.5, 0.6) is 0 Å². The molecule has 0 aliphatic carbocycles. The molecular formula is C8H10N4. The van der Waals surface area contributed by atoms with Gasteiger partial charge in [-0.25, -0.2) is 9.50 Å². The van der Waals surface area contributed by atoms with E-state index in [4.69, 9.17) is 5.73 Å². The maximum Gasteiger partial charge on any atom is 0.155 e. The van der Waals surface area contributed by atoms with Gasteiger partial charge in [-0.05, 0) is 12.5 Å². The van der Waals surface area contributed by atoms with Gasteiger partial charge in [0.15, 0.2) is 5.65 Å². The lowest BCUT2D eigenvalue weighted by Gasteiger charge is -1.92. The molecule has 2 aromatic rings. The van der Waals surface area contributed by atoms with Gasteiger partial charge in [0.25, 0.3) is 0 Å². The SMILES string of the molecule is Cc1cnc2cc(CN)nn2c1. The fourth-order valence-electron chi connectivity index (χ4n) is 1.12. The number of nitrogens with two attached hydrogens (primary N) is 1. The van der Waals surface area contributed by atoms with E-state index in [2.05, 4.69) is 10.1 Å². The van der Waals surface area contributed by atoms with Crippen LogP contribution in [0.2, 0.25) is 0 Å². The molecule has 0 fully saturated rings. The highest BCUT2D eigenvalue weighted by molar-refractivity contribution is 5.39. The Kier molecular flexibility index (Phi) is 1.55. The van der Waals surface area contributed by atoms with Crippen molar-refractivity contribution in [3.8, 4) is 0 Å². The second-order valence-electron chi connectivity index (χ2n) is 2.77. The van der Waals surface area contributed by atoms with E-state index in [0.717, 1.165) is 16.9 Å². The molecule has 0 spiro atoms. The van der Waals surface area contributed by atoms with E-state index in [1.807, 2.05) is 25.4 Å². The van der Waals surface area contributed by atoms with Crippen LogP contribution >= 0.6 is 0 Å². The van der Waals surface area contributed by atoms with Gasteiger partial charge in [0.2, 0.25) is 0 Å². The van der Waals surface area contributed by atoms with Crippen molar-refractivity contribution < 1.29 is 0 Å². The molecule has 0 saturated heterocycles. The summed E-state index contributed by atoms with van der Waals surface area (Å²) in [6, 6.07) is 1.89. The number of aromatic nitrogens is 3. The van der Waals surface area contributed by atoms with Crippen LogP contribution in [0.25, 0.3) is 5.65 Å². The average molecular weight is 162 g/mol. The summed E-state index contributed by atoms with van der Waals surface area (Å²) >= 11 is 0. The molecule has 0 aliphatic rings. The standard InChI is InChI=1S/C8H10N4/c1-6-4-10-8-2-7(3-9)11-12(8)5-6/h2,4-5H,3,9H2,1H3. The summed E-state index contributed by atoms with van der Waals surface area (Å²) < 4.78 is 1.75. The molecule has 2 rings (SSSR count). The second-order valence-corrected chi connectivity index (χ2v) is 2.77. The van der Waals surface area contributed by atoms with Crippen LogP contribution in [0.4, 0.5) is 0 Å². The van der Waals surface area contributed by atoms with Crippen LogP contribution < -0.4 is 5.73 Å². The van der Waals surface area contributed by atoms with Crippen molar-refractivity contribution in [2.45, 2.75) is 13.5 Å². The third-order valence-electron chi connectivity index (χ3n) is 1.70. The number of hydrogen-bond donors (Lipinski definition) is 1. The van der Waals surface area contributed by atoms with E-state index in [1.54, 1.807) is 4.52 Å². The first-order valence-electron chi connectivity index (χ1n) is 3.80. The van der Waals surface area contributed by atoms with E-state index < -0.39 is 0 Å². The van der Waals surface area contributed by atoms with Gasteiger partial charge in [-0.1, -0.05) is 0 Å². The van der Waals surface area contributed by atoms with Gasteiger partial charge in [0.05, 0.1) is 5.69 Å². The van der Waals surface area contributed by atoms with Gasteiger partial charge in [-0.3, -0.25) is 0 Å². The molecule has 2 heterocycles. The summed E-state index contributed by atoms with van der Waals surface area (Å²) in [5.41, 5.74) is 8.26. The molecule has 0 unspecified atom stereocenters. The molecule has 12 heavy (non-hydrogen) atoms. The lowest BCUT2D eigenvalue weighted by molar-refractivity contribution is 0.869. The van der Waals surface area contributed by atoms with Gasteiger partial charge < -0.3 is 5.73 Å². The minimum Gasteiger partial charge on any atom is -0.325 e. The minimum absolute atomic E-state index is 0.461. The lowest BCUT2D eigenvalue weighted by atomic mass is 10.4. The highest BCUT2D eigenvalue weighted by Gasteiger charge is 1.99. The molecule has 0 bridgehead atoms. The Labute approximate surface area is 70.0 Å². The zero-order valence-electron chi connectivity index (χ0n) is 6.86. The molecule has 2 N–H and O–H groups in total. The maximum atomic E-state index is 5.45. The van der Waals surface area contributed by atoms with Crippen molar-refractivity contribution in [2.24, 2.45) is 5.73 Å². The Balaban J connectivity index is 2.67. The summed E-state index contributed by atoms with van der Waals surface area (Å²) in [6.45, 7) is 2.44. The first kappa shape index (κ1) is 7.24. The van der Waals surface area contributed by atoms with E-state index in [-0.39, 0.29) is 0 Å². The lowest BCUT2D eigenvalue weighted by Crippen LogP contribution is -1.97. The van der Waals surface area contributed by atoms with Crippen molar-refractivity contribution in [1.29, 1.82) is 0 Å². The predicted octanol–water partition coefficient (Wildman–Crippen LogP) is 0.496. The van der Waals surface area contributed by atoms with Gasteiger partial charge in [0, 0.05) is 25.0 Å². The van der Waals surface area contributed by atoms with Gasteiger partial charge >= 0.3 is 0 Å². The second kappa shape index (κ2) is 2.57. The number of rotatable bonds is 1. The van der Waals surface area contributed by atoms with Crippen molar-refractivity contribution >= 4 is 5.65 Å². The average Bonchev–Trinajstić information content (AvgIpc) is 2.46. The number of hydrogen-bond acceptors (Lipinski definition) is 3. The fourth-order valence-corrected chi connectivity index (χ4v) is 1.12. The summed E-state index contributed by atoms with van der Waals surface area (Å²) in [4.78, 5) is 4.19. The number of nitrogens with zero attached hydrogens (tertiary/aromatic N) is 3. The molecule has 0 atom stereocenters. The maximum absolute atomic E-state index is 5.45. The highest BCUT2D eigenvalue weighted by atomic mass is 15.2. The Morgan fingerprint density at radius 1 is 1.58 bits per heavy atom. The molecule has 0 aliphatic heterocycles. The van der Waals surface area contributed by atoms with Crippen LogP contribution in [-0.4, -0.2) is 14.6 Å². The number of fused-ring (bicyclic) bond motifs is 1. The summed E-state index contributed by atoms with van der Waals surface area (Å²) in [6.07, 6.45) is 3.75. The Hall–Kier alpha value is -1.42. The minimum atomic E-state index is 0.461. The largest absolute Gasteiger partial charge is 0.325 e. The summed E-state index contributed by atoms with van der Waals surface area (Å²) in [7, 11) is 0. The normalized spacial score (nSPS) is 10.8. The van der Waals surface area contributed by atoms with Gasteiger partial charge in [0.1, 0.15) is 0 Å². The van der Waals surface area contributed by atoms with Crippen molar-refractivity contribution in [2.75, 3.05) is 0 Å². The quantitative estimate of drug-likeness (QED) is 0.664. The van der Waals surface area contributed by atoms with Crippen LogP contribution in [-0.2, 0) is 6.54 Å². The topological polar surface area (TPSA) is 56.2 Å². The fraction of sp³-hybridized carbons (Fsp3) is 0.250. The molecule has 0 amide bonds. The molecule has 2 aromatic heterocycles. The Bertz CT molecular complexity index is 404. The first-order valence-corrected chi connectivity index (χ1v) is 3.80. The molecule has 62 valence electrons. The van der Waals surface area contributed by atoms with Gasteiger partial charge in [-0.2, -0.15) is 5.10 Å². The molecule has 4 heteroatoms. The van der Waals surface area contributed by atoms with Crippen LogP contribution in [0, 0.1) is 6.92 Å². The molecule has 4 nitrogen and oxygen atoms in total. The molecule has 0 aromatic carbocycles. The van der Waals surface area contributed by atoms with Crippen LogP contribution in [0.3, 0.4) is 0 Å². The van der Waals surface area contributed by atoms with Crippen LogP contribution in [0.1, 0.15) is 11.3 Å².